The quantitative estimate of drug-likeness (QED) is 0.876. The number of benzene rings is 1. The van der Waals surface area contributed by atoms with E-state index in [1.54, 1.807) is 25.3 Å². The van der Waals surface area contributed by atoms with Gasteiger partial charge in [0.15, 0.2) is 0 Å². The minimum Gasteiger partial charge on any atom is -0.496 e. The molecule has 0 aliphatic heterocycles. The van der Waals surface area contributed by atoms with Gasteiger partial charge in [-0.15, -0.1) is 0 Å². The topological polar surface area (TPSA) is 61.7 Å². The van der Waals surface area contributed by atoms with E-state index in [0.29, 0.717) is 16.0 Å². The lowest BCUT2D eigenvalue weighted by atomic mass is 10.0. The Bertz CT molecular complexity index is 744. The molecule has 0 saturated carbocycles. The number of nitriles is 1. The average Bonchev–Trinajstić information content (AvgIpc) is 2.49. The van der Waals surface area contributed by atoms with Crippen molar-refractivity contribution in [1.82, 2.24) is 9.97 Å². The van der Waals surface area contributed by atoms with E-state index in [1.807, 2.05) is 13.8 Å². The van der Waals surface area contributed by atoms with Crippen LogP contribution in [0.25, 0.3) is 11.3 Å². The Hall–Kier alpha value is -2.19. The van der Waals surface area contributed by atoms with E-state index in [4.69, 9.17) is 22.2 Å². The maximum absolute atomic E-state index is 9.06. The van der Waals surface area contributed by atoms with Crippen molar-refractivity contribution in [3.05, 3.63) is 39.8 Å². The van der Waals surface area contributed by atoms with Gasteiger partial charge in [-0.2, -0.15) is 5.26 Å². The maximum Gasteiger partial charge on any atom is 0.133 e. The molecule has 2 rings (SSSR count). The highest BCUT2D eigenvalue weighted by Crippen LogP contribution is 2.31. The lowest BCUT2D eigenvalue weighted by Crippen LogP contribution is -2.01. The van der Waals surface area contributed by atoms with E-state index in [1.165, 1.54) is 0 Å². The maximum atomic E-state index is 9.06. The van der Waals surface area contributed by atoms with Crippen LogP contribution in [-0.2, 0) is 6.42 Å². The first-order chi connectivity index (χ1) is 9.60. The average molecular weight is 285 g/mol. The highest BCUT2D eigenvalue weighted by atomic mass is 32.1. The van der Waals surface area contributed by atoms with Crippen LogP contribution in [0.1, 0.15) is 23.9 Å². The molecule has 20 heavy (non-hydrogen) atoms. The Morgan fingerprint density at radius 3 is 2.80 bits per heavy atom. The largest absolute Gasteiger partial charge is 0.496 e. The monoisotopic (exact) mass is 285 g/mol. The van der Waals surface area contributed by atoms with Crippen molar-refractivity contribution in [2.24, 2.45) is 0 Å². The van der Waals surface area contributed by atoms with Crippen molar-refractivity contribution in [1.29, 1.82) is 5.26 Å². The number of H-pyrrole nitrogens is 1. The molecule has 1 aromatic carbocycles. The molecule has 5 heteroatoms. The summed E-state index contributed by atoms with van der Waals surface area (Å²) in [7, 11) is 1.61. The van der Waals surface area contributed by atoms with Crippen LogP contribution >= 0.6 is 12.2 Å². The molecule has 2 aromatic rings. The van der Waals surface area contributed by atoms with Gasteiger partial charge in [0.05, 0.1) is 24.4 Å². The van der Waals surface area contributed by atoms with Gasteiger partial charge in [0, 0.05) is 17.5 Å². The Labute approximate surface area is 123 Å². The molecule has 0 radical (unpaired) electrons. The predicted octanol–water partition coefficient (Wildman–Crippen LogP) is 3.56. The van der Waals surface area contributed by atoms with Crippen LogP contribution in [0.2, 0.25) is 0 Å². The van der Waals surface area contributed by atoms with Crippen molar-refractivity contribution >= 4 is 12.2 Å². The molecule has 0 fully saturated rings. The third kappa shape index (κ3) is 2.56. The number of ether oxygens (including phenoxy) is 1. The molecule has 1 N–H and O–H groups in total. The van der Waals surface area contributed by atoms with Crippen LogP contribution in [0.3, 0.4) is 0 Å². The molecule has 0 amide bonds. The van der Waals surface area contributed by atoms with Gasteiger partial charge >= 0.3 is 0 Å². The zero-order chi connectivity index (χ0) is 14.7. The molecule has 1 aromatic heterocycles. The van der Waals surface area contributed by atoms with Crippen LogP contribution < -0.4 is 4.74 Å². The van der Waals surface area contributed by atoms with Crippen molar-refractivity contribution < 1.29 is 4.74 Å². The summed E-state index contributed by atoms with van der Waals surface area (Å²) >= 11 is 5.30. The first-order valence-electron chi connectivity index (χ1n) is 6.29. The summed E-state index contributed by atoms with van der Waals surface area (Å²) < 4.78 is 5.95. The van der Waals surface area contributed by atoms with Crippen molar-refractivity contribution in [3.8, 4) is 23.1 Å². The normalized spacial score (nSPS) is 10.1. The Morgan fingerprint density at radius 2 is 2.20 bits per heavy atom. The number of hydrogen-bond donors (Lipinski definition) is 1. The second kappa shape index (κ2) is 5.85. The summed E-state index contributed by atoms with van der Waals surface area (Å²) in [6.07, 6.45) is 0.761. The highest BCUT2D eigenvalue weighted by molar-refractivity contribution is 7.71. The summed E-state index contributed by atoms with van der Waals surface area (Å²) in [5, 5.41) is 9.06. The van der Waals surface area contributed by atoms with Gasteiger partial charge in [0.25, 0.3) is 0 Å². The van der Waals surface area contributed by atoms with Gasteiger partial charge in [-0.3, -0.25) is 0 Å². The van der Waals surface area contributed by atoms with Gasteiger partial charge < -0.3 is 9.72 Å². The van der Waals surface area contributed by atoms with Crippen LogP contribution in [0, 0.1) is 22.9 Å². The number of methoxy groups -OCH3 is 1. The summed E-state index contributed by atoms with van der Waals surface area (Å²) in [6, 6.07) is 7.46. The molecular weight excluding hydrogens is 270 g/mol. The van der Waals surface area contributed by atoms with E-state index in [2.05, 4.69) is 16.0 Å². The van der Waals surface area contributed by atoms with Crippen LogP contribution in [0.15, 0.2) is 18.2 Å². The van der Waals surface area contributed by atoms with Crippen molar-refractivity contribution in [2.45, 2.75) is 20.3 Å². The van der Waals surface area contributed by atoms with Gasteiger partial charge in [-0.25, -0.2) is 4.98 Å². The Balaban J connectivity index is 2.76. The first kappa shape index (κ1) is 14.2. The lowest BCUT2D eigenvalue weighted by Gasteiger charge is -2.13. The third-order valence-electron chi connectivity index (χ3n) is 3.13. The minimum absolute atomic E-state index is 0.569. The molecule has 0 bridgehead atoms. The smallest absolute Gasteiger partial charge is 0.133 e. The minimum atomic E-state index is 0.569. The zero-order valence-electron chi connectivity index (χ0n) is 11.7. The second-order valence-corrected chi connectivity index (χ2v) is 4.76. The van der Waals surface area contributed by atoms with Gasteiger partial charge in [0.1, 0.15) is 16.2 Å². The molecule has 102 valence electrons. The first-order valence-corrected chi connectivity index (χ1v) is 6.69. The number of nitrogens with one attached hydrogen (secondary N) is 1. The fraction of sp³-hybridized carbons (Fsp3) is 0.267. The number of rotatable bonds is 3. The van der Waals surface area contributed by atoms with E-state index in [9.17, 15) is 0 Å². The third-order valence-corrected chi connectivity index (χ3v) is 3.53. The summed E-state index contributed by atoms with van der Waals surface area (Å²) in [4.78, 5) is 7.61. The molecule has 0 atom stereocenters. The number of aromatic amines is 1. The molecule has 0 saturated heterocycles. The summed E-state index contributed by atoms with van der Waals surface area (Å²) in [6.45, 7) is 3.93. The van der Waals surface area contributed by atoms with Crippen molar-refractivity contribution in [3.63, 3.8) is 0 Å². The SMILES string of the molecule is CCc1nc(=S)c(C)c(-c2cc(C#N)ccc2OC)[nH]1. The Morgan fingerprint density at radius 1 is 1.45 bits per heavy atom. The van der Waals surface area contributed by atoms with Crippen molar-refractivity contribution in [2.75, 3.05) is 7.11 Å². The molecule has 0 aliphatic carbocycles. The van der Waals surface area contributed by atoms with Crippen LogP contribution in [-0.4, -0.2) is 17.1 Å². The van der Waals surface area contributed by atoms with Gasteiger partial charge in [-0.1, -0.05) is 19.1 Å². The molecule has 0 aliphatic rings. The van der Waals surface area contributed by atoms with Gasteiger partial charge in [-0.05, 0) is 25.1 Å². The molecule has 0 unspecified atom stereocenters. The number of aryl methyl sites for hydroxylation is 1. The molecule has 4 nitrogen and oxygen atoms in total. The fourth-order valence-electron chi connectivity index (χ4n) is 1.99. The van der Waals surface area contributed by atoms with Gasteiger partial charge in [0.2, 0.25) is 0 Å². The fourth-order valence-corrected chi connectivity index (χ4v) is 2.20. The Kier molecular flexibility index (Phi) is 4.16. The summed E-state index contributed by atoms with van der Waals surface area (Å²) in [5.41, 5.74) is 3.14. The summed E-state index contributed by atoms with van der Waals surface area (Å²) in [5.74, 6) is 1.52. The molecular formula is C15H15N3OS. The number of hydrogen-bond acceptors (Lipinski definition) is 4. The predicted molar refractivity (Wildman–Crippen MR) is 80.2 cm³/mol. The van der Waals surface area contributed by atoms with Crippen LogP contribution in [0.5, 0.6) is 5.75 Å². The molecule has 1 heterocycles. The van der Waals surface area contributed by atoms with E-state index < -0.39 is 0 Å². The van der Waals surface area contributed by atoms with E-state index in [-0.39, 0.29) is 0 Å². The van der Waals surface area contributed by atoms with E-state index in [0.717, 1.165) is 29.1 Å². The number of aromatic nitrogens is 2. The zero-order valence-corrected chi connectivity index (χ0v) is 12.5. The number of nitrogens with zero attached hydrogens (tertiary/aromatic N) is 2. The highest BCUT2D eigenvalue weighted by Gasteiger charge is 2.12. The van der Waals surface area contributed by atoms with E-state index >= 15 is 0 Å². The second-order valence-electron chi connectivity index (χ2n) is 4.37. The molecule has 0 spiro atoms. The van der Waals surface area contributed by atoms with Crippen LogP contribution in [0.4, 0.5) is 0 Å². The lowest BCUT2D eigenvalue weighted by molar-refractivity contribution is 0.416. The standard InChI is InChI=1S/C15H15N3OS/c1-4-13-17-14(9(2)15(20)18-13)11-7-10(8-16)5-6-12(11)19-3/h5-7H,4H2,1-3H3,(H,17,18,20).